The molecule has 0 saturated carbocycles. The predicted molar refractivity (Wildman–Crippen MR) is 148 cm³/mol. The van der Waals surface area contributed by atoms with Crippen LogP contribution in [0.15, 0.2) is 24.3 Å². The van der Waals surface area contributed by atoms with Gasteiger partial charge < -0.3 is 26.0 Å². The summed E-state index contributed by atoms with van der Waals surface area (Å²) in [5.41, 5.74) is 5.58. The van der Waals surface area contributed by atoms with E-state index < -0.39 is 42.0 Å². The molecule has 2 unspecified atom stereocenters. The van der Waals surface area contributed by atoms with Crippen LogP contribution in [0.2, 0.25) is 0 Å². The molecule has 0 aliphatic rings. The number of carbonyl (C=O) groups excluding carboxylic acids is 4. The summed E-state index contributed by atoms with van der Waals surface area (Å²) in [7, 11) is 0. The average molecular weight is 529 g/mol. The normalized spacial score (nSPS) is 12.5. The first-order chi connectivity index (χ1) is 17.9. The number of terminal acetylenes is 1. The maximum atomic E-state index is 14.0. The lowest BCUT2D eigenvalue weighted by Crippen LogP contribution is -2.54. The zero-order valence-corrected chi connectivity index (χ0v) is 23.5. The molecule has 0 aliphatic carbocycles. The van der Waals surface area contributed by atoms with E-state index in [4.69, 9.17) is 16.9 Å². The monoisotopic (exact) mass is 528 g/mol. The molecule has 4 amide bonds. The van der Waals surface area contributed by atoms with Crippen LogP contribution in [0.25, 0.3) is 0 Å². The number of carbonyl (C=O) groups is 4. The number of alkyl carbamates (subject to hydrolysis) is 1. The predicted octanol–water partition coefficient (Wildman–Crippen LogP) is 3.80. The maximum absolute atomic E-state index is 14.0. The van der Waals surface area contributed by atoms with Crippen LogP contribution in [-0.4, -0.2) is 53.4 Å². The van der Waals surface area contributed by atoms with Gasteiger partial charge >= 0.3 is 6.09 Å². The molecular weight excluding hydrogens is 484 g/mol. The smallest absolute Gasteiger partial charge is 0.408 e. The fourth-order valence-electron chi connectivity index (χ4n) is 3.95. The lowest BCUT2D eigenvalue weighted by atomic mass is 9.96. The van der Waals surface area contributed by atoms with E-state index in [1.807, 2.05) is 6.92 Å². The van der Waals surface area contributed by atoms with Crippen LogP contribution in [0.4, 0.5) is 4.79 Å². The van der Waals surface area contributed by atoms with Crippen molar-refractivity contribution in [3.05, 3.63) is 35.4 Å². The zero-order chi connectivity index (χ0) is 28.7. The number of nitrogens with zero attached hydrogens (tertiary/aromatic N) is 1. The first-order valence-electron chi connectivity index (χ1n) is 13.4. The van der Waals surface area contributed by atoms with Crippen molar-refractivity contribution in [3.8, 4) is 12.3 Å². The number of nitrogens with two attached hydrogens (primary N) is 1. The first-order valence-corrected chi connectivity index (χ1v) is 13.4. The second-order valence-corrected chi connectivity index (χ2v) is 10.2. The molecule has 0 spiro atoms. The zero-order valence-electron chi connectivity index (χ0n) is 23.5. The number of hydrogen-bond acceptors (Lipinski definition) is 5. The van der Waals surface area contributed by atoms with Crippen LogP contribution in [0, 0.1) is 12.3 Å². The first kappa shape index (κ1) is 32.5. The molecule has 38 heavy (non-hydrogen) atoms. The molecule has 0 saturated heterocycles. The van der Waals surface area contributed by atoms with Crippen molar-refractivity contribution in [2.75, 3.05) is 13.1 Å². The van der Waals surface area contributed by atoms with Gasteiger partial charge in [0.25, 0.3) is 0 Å². The van der Waals surface area contributed by atoms with Gasteiger partial charge in [0.2, 0.25) is 17.7 Å². The van der Waals surface area contributed by atoms with E-state index in [9.17, 15) is 19.2 Å². The van der Waals surface area contributed by atoms with Gasteiger partial charge in [-0.05, 0) is 45.2 Å². The molecule has 0 radical (unpaired) electrons. The molecule has 0 aromatic heterocycles. The van der Waals surface area contributed by atoms with Gasteiger partial charge in [-0.25, -0.2) is 4.79 Å². The van der Waals surface area contributed by atoms with Crippen molar-refractivity contribution in [1.82, 2.24) is 15.5 Å². The van der Waals surface area contributed by atoms with E-state index in [1.165, 1.54) is 4.90 Å². The lowest BCUT2D eigenvalue weighted by Gasteiger charge is -2.35. The lowest BCUT2D eigenvalue weighted by molar-refractivity contribution is -0.143. The fourth-order valence-corrected chi connectivity index (χ4v) is 3.95. The number of primary amides is 1. The quantitative estimate of drug-likeness (QED) is 0.235. The van der Waals surface area contributed by atoms with E-state index in [2.05, 4.69) is 23.5 Å². The third-order valence-electron chi connectivity index (χ3n) is 5.73. The highest BCUT2D eigenvalue weighted by Crippen LogP contribution is 2.27. The summed E-state index contributed by atoms with van der Waals surface area (Å²) >= 11 is 0. The van der Waals surface area contributed by atoms with Gasteiger partial charge in [0.15, 0.2) is 0 Å². The number of nitrogens with one attached hydrogen (secondary N) is 2. The van der Waals surface area contributed by atoms with E-state index in [1.54, 1.807) is 45.0 Å². The molecule has 4 N–H and O–H groups in total. The molecule has 1 aromatic rings. The summed E-state index contributed by atoms with van der Waals surface area (Å²) in [6.07, 6.45) is 9.47. The maximum Gasteiger partial charge on any atom is 0.408 e. The van der Waals surface area contributed by atoms with E-state index in [0.717, 1.165) is 32.1 Å². The van der Waals surface area contributed by atoms with Gasteiger partial charge in [-0.2, -0.15) is 0 Å². The Kier molecular flexibility index (Phi) is 14.0. The summed E-state index contributed by atoms with van der Waals surface area (Å²) in [6, 6.07) is 4.55. The van der Waals surface area contributed by atoms with Crippen molar-refractivity contribution in [2.45, 2.75) is 97.2 Å². The van der Waals surface area contributed by atoms with Gasteiger partial charge in [0.05, 0.1) is 6.42 Å². The van der Waals surface area contributed by atoms with Crippen LogP contribution < -0.4 is 16.4 Å². The van der Waals surface area contributed by atoms with Crippen LogP contribution >= 0.6 is 0 Å². The fraction of sp³-hybridized carbons (Fsp3) is 0.586. The molecule has 0 fully saturated rings. The molecule has 0 heterocycles. The molecule has 2 atom stereocenters. The van der Waals surface area contributed by atoms with Gasteiger partial charge in [0, 0.05) is 18.7 Å². The molecule has 0 bridgehead atoms. The van der Waals surface area contributed by atoms with Gasteiger partial charge in [-0.1, -0.05) is 63.7 Å². The summed E-state index contributed by atoms with van der Waals surface area (Å²) in [5.74, 6) is 0.821. The van der Waals surface area contributed by atoms with Crippen molar-refractivity contribution in [1.29, 1.82) is 0 Å². The Hall–Kier alpha value is -3.54. The summed E-state index contributed by atoms with van der Waals surface area (Å²) in [4.78, 5) is 53.5. The molecular formula is C29H44N4O5. The summed E-state index contributed by atoms with van der Waals surface area (Å²) < 4.78 is 5.30. The second-order valence-electron chi connectivity index (χ2n) is 10.2. The molecule has 0 aliphatic heterocycles. The highest BCUT2D eigenvalue weighted by Gasteiger charge is 2.37. The molecule has 210 valence electrons. The highest BCUT2D eigenvalue weighted by atomic mass is 16.6. The Bertz CT molecular complexity index is 980. The highest BCUT2D eigenvalue weighted by molar-refractivity contribution is 5.94. The minimum Gasteiger partial charge on any atom is -0.444 e. The Balaban J connectivity index is 3.52. The van der Waals surface area contributed by atoms with Crippen LogP contribution in [0.5, 0.6) is 0 Å². The van der Waals surface area contributed by atoms with E-state index in [-0.39, 0.29) is 12.5 Å². The number of amides is 4. The van der Waals surface area contributed by atoms with Crippen LogP contribution in [0.3, 0.4) is 0 Å². The standard InChI is InChI=1S/C29H44N4O5/c1-7-10-14-18-31-26(35)25(22-17-13-12-16-21(22)9-3)33(19-15-11-8-2)27(36)23(20-24(30)34)32-28(37)38-29(4,5)6/h3,12-13,16-17,23,25H,7-8,10-11,14-15,18-20H2,1-2,4-6H3,(H2,30,34)(H,31,35)(H,32,37). The molecule has 9 heteroatoms. The number of hydrogen-bond donors (Lipinski definition) is 3. The molecule has 1 aromatic carbocycles. The topological polar surface area (TPSA) is 131 Å². The third-order valence-corrected chi connectivity index (χ3v) is 5.73. The van der Waals surface area contributed by atoms with E-state index >= 15 is 0 Å². The number of rotatable bonds is 15. The molecule has 1 rings (SSSR count). The Morgan fingerprint density at radius 2 is 1.68 bits per heavy atom. The Morgan fingerprint density at radius 1 is 1.05 bits per heavy atom. The SMILES string of the molecule is C#Cc1ccccc1C(C(=O)NCCCCC)N(CCCCC)C(=O)C(CC(N)=O)NC(=O)OC(C)(C)C. The van der Waals surface area contributed by atoms with E-state index in [0.29, 0.717) is 24.1 Å². The van der Waals surface area contributed by atoms with Crippen molar-refractivity contribution in [3.63, 3.8) is 0 Å². The van der Waals surface area contributed by atoms with Gasteiger partial charge in [0.1, 0.15) is 17.7 Å². The minimum atomic E-state index is -1.32. The third kappa shape index (κ3) is 11.2. The number of ether oxygens (including phenoxy) is 1. The number of unbranched alkanes of at least 4 members (excludes halogenated alkanes) is 4. The summed E-state index contributed by atoms with van der Waals surface area (Å²) in [5, 5.41) is 5.42. The second kappa shape index (κ2) is 16.3. The van der Waals surface area contributed by atoms with Crippen molar-refractivity contribution in [2.24, 2.45) is 5.73 Å². The van der Waals surface area contributed by atoms with Gasteiger partial charge in [-0.15, -0.1) is 6.42 Å². The van der Waals surface area contributed by atoms with Crippen molar-refractivity contribution < 1.29 is 23.9 Å². The Morgan fingerprint density at radius 3 is 2.26 bits per heavy atom. The van der Waals surface area contributed by atoms with Crippen LogP contribution in [-0.2, 0) is 19.1 Å². The Labute approximate surface area is 227 Å². The number of benzene rings is 1. The van der Waals surface area contributed by atoms with Crippen LogP contribution in [0.1, 0.15) is 96.7 Å². The summed E-state index contributed by atoms with van der Waals surface area (Å²) in [6.45, 7) is 9.80. The largest absolute Gasteiger partial charge is 0.444 e. The van der Waals surface area contributed by atoms with Crippen molar-refractivity contribution >= 4 is 23.8 Å². The molecule has 9 nitrogen and oxygen atoms in total. The van der Waals surface area contributed by atoms with Gasteiger partial charge in [-0.3, -0.25) is 14.4 Å². The minimum absolute atomic E-state index is 0.212. The average Bonchev–Trinajstić information content (AvgIpc) is 2.84.